The molecule has 4 heteroatoms. The molecule has 3 N–H and O–H groups in total. The highest BCUT2D eigenvalue weighted by atomic mass is 16.5. The fourth-order valence-electron chi connectivity index (χ4n) is 1.83. The predicted octanol–water partition coefficient (Wildman–Crippen LogP) is 2.58. The maximum atomic E-state index is 11.0. The largest absolute Gasteiger partial charge is 0.489 e. The van der Waals surface area contributed by atoms with E-state index in [0.29, 0.717) is 6.61 Å². The lowest BCUT2D eigenvalue weighted by Gasteiger charge is -2.08. The summed E-state index contributed by atoms with van der Waals surface area (Å²) in [7, 11) is 0. The van der Waals surface area contributed by atoms with E-state index in [4.69, 9.17) is 10.6 Å². The van der Waals surface area contributed by atoms with Crippen LogP contribution in [0.2, 0.25) is 0 Å². The van der Waals surface area contributed by atoms with E-state index in [1.54, 1.807) is 6.08 Å². The van der Waals surface area contributed by atoms with Crippen molar-refractivity contribution in [1.82, 2.24) is 5.43 Å². The van der Waals surface area contributed by atoms with Gasteiger partial charge < -0.3 is 4.74 Å². The molecule has 2 rings (SSSR count). The molecular weight excluding hydrogens is 264 g/mol. The summed E-state index contributed by atoms with van der Waals surface area (Å²) in [6, 6.07) is 15.6. The van der Waals surface area contributed by atoms with Crippen LogP contribution >= 0.6 is 0 Å². The van der Waals surface area contributed by atoms with Gasteiger partial charge in [0.2, 0.25) is 0 Å². The molecule has 0 bridgehead atoms. The molecule has 0 saturated heterocycles. The number of amides is 1. The van der Waals surface area contributed by atoms with Gasteiger partial charge in [-0.3, -0.25) is 10.2 Å². The molecule has 0 heterocycles. The summed E-state index contributed by atoms with van der Waals surface area (Å²) >= 11 is 0. The van der Waals surface area contributed by atoms with Crippen LogP contribution in [0.15, 0.2) is 54.6 Å². The SMILES string of the molecule is Cc1ccccc1COc1ccc(/C=C/C(=O)NN)cc1. The number of carbonyl (C=O) groups is 1. The molecule has 2 aromatic rings. The maximum Gasteiger partial charge on any atom is 0.257 e. The molecule has 0 saturated carbocycles. The van der Waals surface area contributed by atoms with Gasteiger partial charge in [0, 0.05) is 6.08 Å². The fourth-order valence-corrected chi connectivity index (χ4v) is 1.83. The average Bonchev–Trinajstić information content (AvgIpc) is 2.53. The van der Waals surface area contributed by atoms with Crippen molar-refractivity contribution in [2.75, 3.05) is 0 Å². The third kappa shape index (κ3) is 4.47. The number of rotatable bonds is 5. The maximum absolute atomic E-state index is 11.0. The number of nitrogens with one attached hydrogen (secondary N) is 1. The van der Waals surface area contributed by atoms with Crippen molar-refractivity contribution in [2.24, 2.45) is 5.84 Å². The lowest BCUT2D eigenvalue weighted by atomic mass is 10.1. The lowest BCUT2D eigenvalue weighted by Crippen LogP contribution is -2.27. The van der Waals surface area contributed by atoms with Crippen LogP contribution < -0.4 is 16.0 Å². The van der Waals surface area contributed by atoms with Crippen LogP contribution in [0.5, 0.6) is 5.75 Å². The predicted molar refractivity (Wildman–Crippen MR) is 83.3 cm³/mol. The highest BCUT2D eigenvalue weighted by molar-refractivity contribution is 5.91. The van der Waals surface area contributed by atoms with Gasteiger partial charge in [0.1, 0.15) is 12.4 Å². The summed E-state index contributed by atoms with van der Waals surface area (Å²) in [5.74, 6) is 5.45. The van der Waals surface area contributed by atoms with Gasteiger partial charge in [-0.15, -0.1) is 0 Å². The van der Waals surface area contributed by atoms with Gasteiger partial charge in [-0.05, 0) is 41.8 Å². The Morgan fingerprint density at radius 1 is 1.19 bits per heavy atom. The van der Waals surface area contributed by atoms with E-state index in [1.807, 2.05) is 41.8 Å². The summed E-state index contributed by atoms with van der Waals surface area (Å²) in [5.41, 5.74) is 5.32. The van der Waals surface area contributed by atoms with E-state index in [9.17, 15) is 4.79 Å². The smallest absolute Gasteiger partial charge is 0.257 e. The van der Waals surface area contributed by atoms with Crippen molar-refractivity contribution in [3.63, 3.8) is 0 Å². The summed E-state index contributed by atoms with van der Waals surface area (Å²) in [5, 5.41) is 0. The molecule has 4 nitrogen and oxygen atoms in total. The molecular formula is C17H18N2O2. The summed E-state index contributed by atoms with van der Waals surface area (Å²) in [6.45, 7) is 2.60. The van der Waals surface area contributed by atoms with Crippen molar-refractivity contribution in [3.8, 4) is 5.75 Å². The normalized spacial score (nSPS) is 10.6. The first-order valence-electron chi connectivity index (χ1n) is 6.65. The van der Waals surface area contributed by atoms with E-state index < -0.39 is 0 Å². The molecule has 108 valence electrons. The third-order valence-corrected chi connectivity index (χ3v) is 3.11. The molecule has 2 aromatic carbocycles. The van der Waals surface area contributed by atoms with Crippen LogP contribution in [0.4, 0.5) is 0 Å². The van der Waals surface area contributed by atoms with E-state index in [1.165, 1.54) is 17.2 Å². The Morgan fingerprint density at radius 3 is 2.57 bits per heavy atom. The minimum atomic E-state index is -0.338. The van der Waals surface area contributed by atoms with Crippen LogP contribution in [-0.4, -0.2) is 5.91 Å². The molecule has 21 heavy (non-hydrogen) atoms. The molecule has 0 radical (unpaired) electrons. The number of hydrazine groups is 1. The third-order valence-electron chi connectivity index (χ3n) is 3.11. The molecule has 1 amide bonds. The number of hydrogen-bond donors (Lipinski definition) is 2. The van der Waals surface area contributed by atoms with Crippen LogP contribution in [-0.2, 0) is 11.4 Å². The second-order valence-electron chi connectivity index (χ2n) is 4.63. The van der Waals surface area contributed by atoms with Gasteiger partial charge in [-0.25, -0.2) is 5.84 Å². The van der Waals surface area contributed by atoms with E-state index in [-0.39, 0.29) is 5.91 Å². The zero-order chi connectivity index (χ0) is 15.1. The Bertz CT molecular complexity index is 633. The van der Waals surface area contributed by atoms with Gasteiger partial charge in [0.05, 0.1) is 0 Å². The second-order valence-corrected chi connectivity index (χ2v) is 4.63. The van der Waals surface area contributed by atoms with Crippen molar-refractivity contribution >= 4 is 12.0 Å². The zero-order valence-electron chi connectivity index (χ0n) is 11.9. The van der Waals surface area contributed by atoms with Crippen LogP contribution in [0.1, 0.15) is 16.7 Å². The van der Waals surface area contributed by atoms with E-state index in [0.717, 1.165) is 11.3 Å². The fraction of sp³-hybridized carbons (Fsp3) is 0.118. The standard InChI is InChI=1S/C17H18N2O2/c1-13-4-2-3-5-15(13)12-21-16-9-6-14(7-10-16)8-11-17(20)19-18/h2-11H,12,18H2,1H3,(H,19,20)/b11-8+. The Hall–Kier alpha value is -2.59. The monoisotopic (exact) mass is 282 g/mol. The summed E-state index contributed by atoms with van der Waals surface area (Å²) < 4.78 is 5.75. The van der Waals surface area contributed by atoms with Crippen molar-refractivity contribution in [3.05, 3.63) is 71.3 Å². The van der Waals surface area contributed by atoms with Crippen molar-refractivity contribution in [1.29, 1.82) is 0 Å². The van der Waals surface area contributed by atoms with Crippen LogP contribution in [0.25, 0.3) is 6.08 Å². The van der Waals surface area contributed by atoms with Crippen molar-refractivity contribution < 1.29 is 9.53 Å². The molecule has 0 aliphatic rings. The van der Waals surface area contributed by atoms with Gasteiger partial charge in [-0.1, -0.05) is 36.4 Å². The summed E-state index contributed by atoms with van der Waals surface area (Å²) in [4.78, 5) is 11.0. The zero-order valence-corrected chi connectivity index (χ0v) is 11.9. The van der Waals surface area contributed by atoms with Gasteiger partial charge in [-0.2, -0.15) is 0 Å². The van der Waals surface area contributed by atoms with E-state index in [2.05, 4.69) is 19.1 Å². The van der Waals surface area contributed by atoms with Crippen LogP contribution in [0.3, 0.4) is 0 Å². The van der Waals surface area contributed by atoms with Gasteiger partial charge >= 0.3 is 0 Å². The number of nitrogens with two attached hydrogens (primary N) is 1. The first kappa shape index (κ1) is 14.8. The summed E-state index contributed by atoms with van der Waals surface area (Å²) in [6.07, 6.45) is 3.07. The Labute approximate surface area is 124 Å². The molecule has 0 unspecified atom stereocenters. The molecule has 0 fully saturated rings. The number of benzene rings is 2. The van der Waals surface area contributed by atoms with Gasteiger partial charge in [0.15, 0.2) is 0 Å². The highest BCUT2D eigenvalue weighted by Gasteiger charge is 1.99. The highest BCUT2D eigenvalue weighted by Crippen LogP contribution is 2.16. The molecule has 0 aliphatic carbocycles. The van der Waals surface area contributed by atoms with Crippen LogP contribution in [0, 0.1) is 6.92 Å². The van der Waals surface area contributed by atoms with Gasteiger partial charge in [0.25, 0.3) is 5.91 Å². The Morgan fingerprint density at radius 2 is 1.90 bits per heavy atom. The molecule has 0 spiro atoms. The lowest BCUT2D eigenvalue weighted by molar-refractivity contribution is -0.116. The quantitative estimate of drug-likeness (QED) is 0.383. The minimum absolute atomic E-state index is 0.338. The topological polar surface area (TPSA) is 64.3 Å². The average molecular weight is 282 g/mol. The first-order valence-corrected chi connectivity index (χ1v) is 6.65. The van der Waals surface area contributed by atoms with Crippen molar-refractivity contribution in [2.45, 2.75) is 13.5 Å². The Kier molecular flexibility index (Phi) is 5.12. The number of carbonyl (C=O) groups excluding carboxylic acids is 1. The number of hydrogen-bond acceptors (Lipinski definition) is 3. The molecule has 0 atom stereocenters. The molecule has 0 aromatic heterocycles. The number of ether oxygens (including phenoxy) is 1. The number of aryl methyl sites for hydroxylation is 1. The Balaban J connectivity index is 1.95. The molecule has 0 aliphatic heterocycles. The first-order chi connectivity index (χ1) is 10.2. The van der Waals surface area contributed by atoms with E-state index >= 15 is 0 Å². The second kappa shape index (κ2) is 7.26. The minimum Gasteiger partial charge on any atom is -0.489 e.